The number of carbonyl (C=O) groups is 2. The van der Waals surface area contributed by atoms with Crippen molar-refractivity contribution in [1.29, 1.82) is 0 Å². The number of aryl methyl sites for hydroxylation is 1. The van der Waals surface area contributed by atoms with E-state index in [9.17, 15) is 18.0 Å². The lowest BCUT2D eigenvalue weighted by atomic mass is 9.66. The Morgan fingerprint density at radius 3 is 2.29 bits per heavy atom. The lowest BCUT2D eigenvalue weighted by molar-refractivity contribution is -0.149. The molecule has 1 saturated heterocycles. The third-order valence-corrected chi connectivity index (χ3v) is 7.90. The van der Waals surface area contributed by atoms with E-state index in [-0.39, 0.29) is 23.1 Å². The molecule has 1 aliphatic carbocycles. The smallest absolute Gasteiger partial charge is 0.266 e. The van der Waals surface area contributed by atoms with E-state index in [0.717, 1.165) is 15.4 Å². The van der Waals surface area contributed by atoms with Crippen molar-refractivity contribution in [2.24, 2.45) is 5.41 Å². The van der Waals surface area contributed by atoms with Crippen molar-refractivity contribution in [1.82, 2.24) is 4.31 Å². The number of hydrogen-bond acceptors (Lipinski definition) is 4. The van der Waals surface area contributed by atoms with Gasteiger partial charge in [-0.05, 0) is 43.9 Å². The van der Waals surface area contributed by atoms with Gasteiger partial charge < -0.3 is 0 Å². The van der Waals surface area contributed by atoms with E-state index < -0.39 is 21.3 Å². The molecule has 2 fully saturated rings. The molecule has 28 heavy (non-hydrogen) atoms. The number of piperidine rings is 1. The van der Waals surface area contributed by atoms with E-state index in [1.165, 1.54) is 12.1 Å². The standard InChI is InChI=1S/C22H23NO4S/c1-16-9-11-18(12-10-16)28(26,27)23-15-13-19(17-6-3-2-4-7-17)22(21(23)25)14-5-8-20(22)24/h2-4,6-7,9-12,19H,5,8,13-15H2,1H3/t19-,22+/m0/s1. The maximum atomic E-state index is 13.6. The number of sulfonamides is 1. The van der Waals surface area contributed by atoms with Crippen molar-refractivity contribution >= 4 is 21.7 Å². The molecule has 1 heterocycles. The fourth-order valence-electron chi connectivity index (χ4n) is 4.65. The molecule has 2 atom stereocenters. The summed E-state index contributed by atoms with van der Waals surface area (Å²) in [6.07, 6.45) is 1.80. The quantitative estimate of drug-likeness (QED) is 0.744. The molecular weight excluding hydrogens is 374 g/mol. The summed E-state index contributed by atoms with van der Waals surface area (Å²) in [5.41, 5.74) is 0.603. The summed E-state index contributed by atoms with van der Waals surface area (Å²) >= 11 is 0. The molecule has 0 aromatic heterocycles. The zero-order valence-corrected chi connectivity index (χ0v) is 16.6. The Labute approximate surface area is 165 Å². The van der Waals surface area contributed by atoms with Crippen molar-refractivity contribution < 1.29 is 18.0 Å². The second-order valence-electron chi connectivity index (χ2n) is 7.70. The van der Waals surface area contributed by atoms with Crippen LogP contribution < -0.4 is 0 Å². The third-order valence-electron chi connectivity index (χ3n) is 6.11. The van der Waals surface area contributed by atoms with Crippen molar-refractivity contribution in [3.63, 3.8) is 0 Å². The number of rotatable bonds is 3. The van der Waals surface area contributed by atoms with Gasteiger partial charge in [-0.25, -0.2) is 12.7 Å². The van der Waals surface area contributed by atoms with Crippen LogP contribution in [0, 0.1) is 12.3 Å². The predicted molar refractivity (Wildman–Crippen MR) is 105 cm³/mol. The number of nitrogens with zero attached hydrogens (tertiary/aromatic N) is 1. The van der Waals surface area contributed by atoms with E-state index in [1.54, 1.807) is 12.1 Å². The van der Waals surface area contributed by atoms with E-state index in [4.69, 9.17) is 0 Å². The molecule has 6 heteroatoms. The molecular formula is C22H23NO4S. The first-order valence-corrected chi connectivity index (χ1v) is 11.0. The Morgan fingerprint density at radius 2 is 1.68 bits per heavy atom. The molecule has 2 aromatic carbocycles. The molecule has 1 amide bonds. The third kappa shape index (κ3) is 2.78. The van der Waals surface area contributed by atoms with E-state index in [0.29, 0.717) is 25.7 Å². The molecule has 0 unspecified atom stereocenters. The van der Waals surface area contributed by atoms with Crippen LogP contribution in [-0.4, -0.2) is 31.0 Å². The first-order valence-electron chi connectivity index (χ1n) is 9.59. The number of ketones is 1. The number of Topliss-reactive ketones (excluding diaryl/α,β-unsaturated/α-hetero) is 1. The van der Waals surface area contributed by atoms with Gasteiger partial charge >= 0.3 is 0 Å². The minimum atomic E-state index is -3.99. The Morgan fingerprint density at radius 1 is 1.00 bits per heavy atom. The fraction of sp³-hybridized carbons (Fsp3) is 0.364. The minimum Gasteiger partial charge on any atom is -0.298 e. The highest BCUT2D eigenvalue weighted by atomic mass is 32.2. The first kappa shape index (κ1) is 18.9. The normalized spacial score (nSPS) is 25.5. The molecule has 4 rings (SSSR count). The lowest BCUT2D eigenvalue weighted by Gasteiger charge is -2.43. The van der Waals surface area contributed by atoms with Crippen LogP contribution >= 0.6 is 0 Å². The molecule has 146 valence electrons. The van der Waals surface area contributed by atoms with Crippen molar-refractivity contribution in [2.75, 3.05) is 6.54 Å². The monoisotopic (exact) mass is 397 g/mol. The fourth-order valence-corrected chi connectivity index (χ4v) is 6.12. The predicted octanol–water partition coefficient (Wildman–Crippen LogP) is 3.44. The topological polar surface area (TPSA) is 71.5 Å². The van der Waals surface area contributed by atoms with Crippen LogP contribution in [0.2, 0.25) is 0 Å². The second-order valence-corrected chi connectivity index (χ2v) is 9.56. The van der Waals surface area contributed by atoms with Gasteiger partial charge in [0.15, 0.2) is 0 Å². The van der Waals surface area contributed by atoms with E-state index >= 15 is 0 Å². The van der Waals surface area contributed by atoms with E-state index in [2.05, 4.69) is 0 Å². The summed E-state index contributed by atoms with van der Waals surface area (Å²) in [5, 5.41) is 0. The van der Waals surface area contributed by atoms with Crippen LogP contribution in [0.5, 0.6) is 0 Å². The summed E-state index contributed by atoms with van der Waals surface area (Å²) < 4.78 is 27.3. The van der Waals surface area contributed by atoms with Crippen molar-refractivity contribution in [3.05, 3.63) is 65.7 Å². The van der Waals surface area contributed by atoms with Crippen LogP contribution in [0.15, 0.2) is 59.5 Å². The molecule has 0 bridgehead atoms. The van der Waals surface area contributed by atoms with Gasteiger partial charge in [0.2, 0.25) is 0 Å². The SMILES string of the molecule is Cc1ccc(S(=O)(=O)N2CC[C@@H](c3ccccc3)[C@@]3(CCCC3=O)C2=O)cc1. The van der Waals surface area contributed by atoms with Gasteiger partial charge in [-0.2, -0.15) is 0 Å². The van der Waals surface area contributed by atoms with Crippen LogP contribution in [-0.2, 0) is 19.6 Å². The van der Waals surface area contributed by atoms with Crippen molar-refractivity contribution in [2.45, 2.75) is 43.4 Å². The van der Waals surface area contributed by atoms with Gasteiger partial charge in [-0.3, -0.25) is 9.59 Å². The first-order chi connectivity index (χ1) is 13.4. The van der Waals surface area contributed by atoms with Gasteiger partial charge in [0, 0.05) is 18.9 Å². The maximum absolute atomic E-state index is 13.6. The van der Waals surface area contributed by atoms with Gasteiger partial charge in [-0.1, -0.05) is 48.0 Å². The Balaban J connectivity index is 1.77. The number of carbonyl (C=O) groups excluding carboxylic acids is 2. The summed E-state index contributed by atoms with van der Waals surface area (Å²) in [6.45, 7) is 1.96. The van der Waals surface area contributed by atoms with Crippen LogP contribution in [0.1, 0.15) is 42.7 Å². The molecule has 0 N–H and O–H groups in total. The van der Waals surface area contributed by atoms with Gasteiger partial charge in [-0.15, -0.1) is 0 Å². The van der Waals surface area contributed by atoms with Crippen LogP contribution in [0.25, 0.3) is 0 Å². The summed E-state index contributed by atoms with van der Waals surface area (Å²) in [4.78, 5) is 26.6. The second kappa shape index (κ2) is 6.85. The number of hydrogen-bond donors (Lipinski definition) is 0. The largest absolute Gasteiger partial charge is 0.298 e. The van der Waals surface area contributed by atoms with Gasteiger partial charge in [0.05, 0.1) is 4.90 Å². The average Bonchev–Trinajstić information content (AvgIpc) is 3.07. The number of amides is 1. The minimum absolute atomic E-state index is 0.0869. The zero-order valence-electron chi connectivity index (χ0n) is 15.8. The summed E-state index contributed by atoms with van der Waals surface area (Å²) in [7, 11) is -3.99. The zero-order chi connectivity index (χ0) is 19.9. The summed E-state index contributed by atoms with van der Waals surface area (Å²) in [6, 6.07) is 16.0. The Kier molecular flexibility index (Phi) is 4.62. The van der Waals surface area contributed by atoms with Crippen LogP contribution in [0.3, 0.4) is 0 Å². The van der Waals surface area contributed by atoms with Crippen LogP contribution in [0.4, 0.5) is 0 Å². The van der Waals surface area contributed by atoms with Gasteiger partial charge in [0.1, 0.15) is 11.2 Å². The molecule has 1 saturated carbocycles. The maximum Gasteiger partial charge on any atom is 0.266 e. The Hall–Kier alpha value is -2.47. The Bertz CT molecular complexity index is 1010. The highest BCUT2D eigenvalue weighted by Gasteiger charge is 2.59. The molecule has 5 nitrogen and oxygen atoms in total. The molecule has 0 radical (unpaired) electrons. The molecule has 2 aliphatic rings. The highest BCUT2D eigenvalue weighted by Crippen LogP contribution is 2.52. The summed E-state index contributed by atoms with van der Waals surface area (Å²) in [5.74, 6) is -0.966. The molecule has 2 aromatic rings. The lowest BCUT2D eigenvalue weighted by Crippen LogP contribution is -2.56. The average molecular weight is 397 g/mol. The molecule has 1 aliphatic heterocycles. The number of benzene rings is 2. The van der Waals surface area contributed by atoms with E-state index in [1.807, 2.05) is 37.3 Å². The highest BCUT2D eigenvalue weighted by molar-refractivity contribution is 7.89. The molecule has 1 spiro atoms. The van der Waals surface area contributed by atoms with Crippen molar-refractivity contribution in [3.8, 4) is 0 Å². The van der Waals surface area contributed by atoms with Gasteiger partial charge in [0.25, 0.3) is 15.9 Å².